The number of hydrogen-bond acceptors (Lipinski definition) is 6. The Morgan fingerprint density at radius 3 is 2.35 bits per heavy atom. The van der Waals surface area contributed by atoms with Crippen LogP contribution in [0, 0.1) is 0 Å². The maximum absolute atomic E-state index is 5.47. The molecule has 20 heavy (non-hydrogen) atoms. The number of nitrogens with two attached hydrogens (primary N) is 1. The number of anilines is 2. The van der Waals surface area contributed by atoms with Crippen molar-refractivity contribution >= 4 is 11.6 Å². The van der Waals surface area contributed by atoms with E-state index in [1.54, 1.807) is 0 Å². The molecule has 0 bridgehead atoms. The van der Waals surface area contributed by atoms with E-state index in [9.17, 15) is 0 Å². The first-order chi connectivity index (χ1) is 9.24. The summed E-state index contributed by atoms with van der Waals surface area (Å²) in [5, 5.41) is 3.33. The van der Waals surface area contributed by atoms with Crippen LogP contribution in [-0.2, 0) is 5.41 Å². The van der Waals surface area contributed by atoms with E-state index in [0.717, 1.165) is 24.7 Å². The summed E-state index contributed by atoms with van der Waals surface area (Å²) in [6, 6.07) is 2.36. The zero-order chi connectivity index (χ0) is 15.3. The Balaban J connectivity index is 2.75. The molecule has 0 amide bonds. The first kappa shape index (κ1) is 16.7. The van der Waals surface area contributed by atoms with Crippen LogP contribution in [-0.4, -0.2) is 41.0 Å². The van der Waals surface area contributed by atoms with E-state index in [1.807, 2.05) is 6.07 Å². The minimum absolute atomic E-state index is 0.113. The van der Waals surface area contributed by atoms with E-state index in [1.165, 1.54) is 0 Å². The Bertz CT molecular complexity index is 424. The fourth-order valence-electron chi connectivity index (χ4n) is 1.57. The molecule has 0 saturated heterocycles. The molecule has 6 nitrogen and oxygen atoms in total. The van der Waals surface area contributed by atoms with Gasteiger partial charge in [-0.25, -0.2) is 15.8 Å². The second-order valence-corrected chi connectivity index (χ2v) is 6.36. The lowest BCUT2D eigenvalue weighted by Crippen LogP contribution is -2.31. The first-order valence-electron chi connectivity index (χ1n) is 7.04. The highest BCUT2D eigenvalue weighted by molar-refractivity contribution is 5.47. The van der Waals surface area contributed by atoms with Gasteiger partial charge in [0.05, 0.1) is 0 Å². The van der Waals surface area contributed by atoms with Crippen LogP contribution in [0.3, 0.4) is 0 Å². The molecule has 0 spiro atoms. The van der Waals surface area contributed by atoms with Gasteiger partial charge in [-0.3, -0.25) is 0 Å². The number of hydrazine groups is 1. The van der Waals surface area contributed by atoms with Gasteiger partial charge < -0.3 is 15.6 Å². The normalized spacial score (nSPS) is 12.1. The van der Waals surface area contributed by atoms with E-state index in [2.05, 4.69) is 67.3 Å². The lowest BCUT2D eigenvalue weighted by Gasteiger charge is -2.22. The van der Waals surface area contributed by atoms with Gasteiger partial charge in [0.25, 0.3) is 0 Å². The van der Waals surface area contributed by atoms with E-state index >= 15 is 0 Å². The Morgan fingerprint density at radius 2 is 1.85 bits per heavy atom. The molecular weight excluding hydrogens is 252 g/mol. The van der Waals surface area contributed by atoms with Crippen molar-refractivity contribution in [3.05, 3.63) is 11.9 Å². The van der Waals surface area contributed by atoms with Gasteiger partial charge in [-0.2, -0.15) is 0 Å². The highest BCUT2D eigenvalue weighted by Crippen LogP contribution is 2.21. The second kappa shape index (κ2) is 6.85. The molecule has 1 rings (SSSR count). The molecule has 6 heteroatoms. The third-order valence-electron chi connectivity index (χ3n) is 3.20. The third kappa shape index (κ3) is 4.94. The van der Waals surface area contributed by atoms with Gasteiger partial charge in [0, 0.05) is 30.6 Å². The zero-order valence-corrected chi connectivity index (χ0v) is 13.5. The van der Waals surface area contributed by atoms with Crippen LogP contribution in [0.25, 0.3) is 0 Å². The van der Waals surface area contributed by atoms with Gasteiger partial charge in [0.2, 0.25) is 0 Å². The third-order valence-corrected chi connectivity index (χ3v) is 3.20. The maximum atomic E-state index is 5.47. The molecule has 0 fully saturated rings. The van der Waals surface area contributed by atoms with Gasteiger partial charge in [-0.1, -0.05) is 20.8 Å². The van der Waals surface area contributed by atoms with Crippen molar-refractivity contribution in [3.8, 4) is 0 Å². The van der Waals surface area contributed by atoms with Crippen molar-refractivity contribution in [2.75, 3.05) is 30.9 Å². The quantitative estimate of drug-likeness (QED) is 0.545. The predicted octanol–water partition coefficient (Wildman–Crippen LogP) is 1.81. The van der Waals surface area contributed by atoms with Crippen LogP contribution in [0.4, 0.5) is 11.6 Å². The van der Waals surface area contributed by atoms with Crippen LogP contribution < -0.4 is 16.6 Å². The molecule has 1 aromatic rings. The topological polar surface area (TPSA) is 79.1 Å². The lowest BCUT2D eigenvalue weighted by atomic mass is 9.96. The number of hydrogen-bond donors (Lipinski definition) is 3. The smallest absolute Gasteiger partial charge is 0.145 e. The van der Waals surface area contributed by atoms with Crippen molar-refractivity contribution in [1.29, 1.82) is 0 Å². The maximum Gasteiger partial charge on any atom is 0.145 e. The molecule has 0 aliphatic heterocycles. The Hall–Kier alpha value is -1.40. The monoisotopic (exact) mass is 280 g/mol. The van der Waals surface area contributed by atoms with Crippen molar-refractivity contribution in [2.24, 2.45) is 5.84 Å². The van der Waals surface area contributed by atoms with Crippen molar-refractivity contribution in [2.45, 2.75) is 46.1 Å². The van der Waals surface area contributed by atoms with E-state index < -0.39 is 0 Å². The highest BCUT2D eigenvalue weighted by atomic mass is 15.3. The number of likely N-dealkylation sites (N-methyl/N-ethyl adjacent to an activating group) is 1. The van der Waals surface area contributed by atoms with E-state index in [4.69, 9.17) is 5.84 Å². The lowest BCUT2D eigenvalue weighted by molar-refractivity contribution is 0.284. The fourth-order valence-corrected chi connectivity index (χ4v) is 1.57. The number of rotatable bonds is 6. The average Bonchev–Trinajstić information content (AvgIpc) is 2.37. The molecule has 0 radical (unpaired) electrons. The number of aromatic nitrogens is 2. The summed E-state index contributed by atoms with van der Waals surface area (Å²) in [5.74, 6) is 7.67. The van der Waals surface area contributed by atoms with Gasteiger partial charge in [0.15, 0.2) is 0 Å². The van der Waals surface area contributed by atoms with Crippen LogP contribution in [0.15, 0.2) is 6.07 Å². The molecule has 0 atom stereocenters. The number of nitrogens with one attached hydrogen (secondary N) is 2. The van der Waals surface area contributed by atoms with Gasteiger partial charge in [-0.15, -0.1) is 0 Å². The minimum atomic E-state index is -0.113. The van der Waals surface area contributed by atoms with Crippen LogP contribution in [0.5, 0.6) is 0 Å². The SMILES string of the molecule is CC(C)N(C)CCNc1cc(NN)nc(C(C)(C)C)n1. The summed E-state index contributed by atoms with van der Waals surface area (Å²) in [7, 11) is 2.11. The van der Waals surface area contributed by atoms with Crippen LogP contribution in [0.1, 0.15) is 40.4 Å². The van der Waals surface area contributed by atoms with Crippen molar-refractivity contribution in [3.63, 3.8) is 0 Å². The predicted molar refractivity (Wildman–Crippen MR) is 84.8 cm³/mol. The van der Waals surface area contributed by atoms with Crippen molar-refractivity contribution < 1.29 is 0 Å². The van der Waals surface area contributed by atoms with Crippen molar-refractivity contribution in [1.82, 2.24) is 14.9 Å². The molecule has 0 aliphatic carbocycles. The fraction of sp³-hybridized carbons (Fsp3) is 0.714. The Morgan fingerprint density at radius 1 is 1.25 bits per heavy atom. The summed E-state index contributed by atoms with van der Waals surface area (Å²) in [6.45, 7) is 12.4. The summed E-state index contributed by atoms with van der Waals surface area (Å²) in [5.41, 5.74) is 2.48. The minimum Gasteiger partial charge on any atom is -0.369 e. The largest absolute Gasteiger partial charge is 0.369 e. The average molecular weight is 280 g/mol. The highest BCUT2D eigenvalue weighted by Gasteiger charge is 2.19. The number of nitrogens with zero attached hydrogens (tertiary/aromatic N) is 3. The van der Waals surface area contributed by atoms with Gasteiger partial charge in [-0.05, 0) is 20.9 Å². The second-order valence-electron chi connectivity index (χ2n) is 6.36. The molecule has 0 unspecified atom stereocenters. The summed E-state index contributed by atoms with van der Waals surface area (Å²) < 4.78 is 0. The number of nitrogen functional groups attached to an aromatic ring is 1. The molecule has 114 valence electrons. The van der Waals surface area contributed by atoms with Gasteiger partial charge in [0.1, 0.15) is 17.5 Å². The van der Waals surface area contributed by atoms with E-state index in [0.29, 0.717) is 11.9 Å². The molecule has 0 saturated carbocycles. The molecule has 1 heterocycles. The van der Waals surface area contributed by atoms with Crippen LogP contribution >= 0.6 is 0 Å². The van der Waals surface area contributed by atoms with Crippen LogP contribution in [0.2, 0.25) is 0 Å². The summed E-state index contributed by atoms with van der Waals surface area (Å²) >= 11 is 0. The molecule has 1 aromatic heterocycles. The molecule has 4 N–H and O–H groups in total. The summed E-state index contributed by atoms with van der Waals surface area (Å²) in [4.78, 5) is 11.2. The first-order valence-corrected chi connectivity index (χ1v) is 7.04. The van der Waals surface area contributed by atoms with E-state index in [-0.39, 0.29) is 5.41 Å². The van der Waals surface area contributed by atoms with Gasteiger partial charge >= 0.3 is 0 Å². The Labute approximate surface area is 122 Å². The standard InChI is InChI=1S/C14H28N6/c1-10(2)20(6)8-7-16-11-9-12(19-15)18-13(17-11)14(3,4)5/h9-10H,7-8,15H2,1-6H3,(H2,16,17,18,19). The molecular formula is C14H28N6. The Kier molecular flexibility index (Phi) is 5.71. The summed E-state index contributed by atoms with van der Waals surface area (Å²) in [6.07, 6.45) is 0. The zero-order valence-electron chi connectivity index (χ0n) is 13.5. The molecule has 0 aromatic carbocycles. The molecule has 0 aliphatic rings.